The zero-order valence-electron chi connectivity index (χ0n) is 18.6. The second kappa shape index (κ2) is 9.48. The van der Waals surface area contributed by atoms with Crippen LogP contribution in [0, 0.1) is 0 Å². The fraction of sp³-hybridized carbons (Fsp3) is 0.350. The highest BCUT2D eigenvalue weighted by Crippen LogP contribution is 2.33. The highest BCUT2D eigenvalue weighted by Gasteiger charge is 2.47. The second-order valence-electron chi connectivity index (χ2n) is 7.77. The van der Waals surface area contributed by atoms with Gasteiger partial charge in [0.25, 0.3) is 18.3 Å². The predicted molar refractivity (Wildman–Crippen MR) is 118 cm³/mol. The number of aromatic nitrogens is 8. The molecule has 0 saturated carbocycles. The monoisotopic (exact) mass is 502 g/mol. The summed E-state index contributed by atoms with van der Waals surface area (Å²) < 4.78 is 34.0. The third-order valence-electron chi connectivity index (χ3n) is 5.48. The Morgan fingerprint density at radius 3 is 2.75 bits per heavy atom. The minimum atomic E-state index is -2.67. The van der Waals surface area contributed by atoms with Gasteiger partial charge in [0.1, 0.15) is 17.9 Å². The molecule has 4 aromatic heterocycles. The van der Waals surface area contributed by atoms with Crippen molar-refractivity contribution in [1.82, 2.24) is 44.8 Å². The molecule has 0 unspecified atom stereocenters. The molecule has 0 aromatic carbocycles. The summed E-state index contributed by atoms with van der Waals surface area (Å²) in [5, 5.41) is 33.8. The normalized spacial score (nSPS) is 21.8. The number of carbonyl (C=O) groups excluding carboxylic acids is 1. The smallest absolute Gasteiger partial charge is 0.256 e. The number of ether oxygens (including phenoxy) is 1. The maximum absolute atomic E-state index is 12.9. The molecule has 0 bridgehead atoms. The van der Waals surface area contributed by atoms with Gasteiger partial charge in [-0.15, -0.1) is 5.10 Å². The van der Waals surface area contributed by atoms with E-state index in [4.69, 9.17) is 4.74 Å². The van der Waals surface area contributed by atoms with Crippen molar-refractivity contribution in [3.05, 3.63) is 36.9 Å². The minimum Gasteiger partial charge on any atom is -0.387 e. The van der Waals surface area contributed by atoms with E-state index < -0.39 is 43.4 Å². The van der Waals surface area contributed by atoms with Gasteiger partial charge in [-0.1, -0.05) is 11.3 Å². The van der Waals surface area contributed by atoms with Crippen molar-refractivity contribution in [3.8, 4) is 17.3 Å². The number of likely N-dealkylation sites (N-methyl/N-ethyl adjacent to an activating group) is 1. The molecule has 5 rings (SSSR count). The number of imidazole rings is 1. The average Bonchev–Trinajstić information content (AvgIpc) is 3.61. The maximum Gasteiger partial charge on any atom is 0.256 e. The van der Waals surface area contributed by atoms with E-state index in [1.807, 2.05) is 0 Å². The number of nitrogens with one attached hydrogen (secondary N) is 2. The van der Waals surface area contributed by atoms with Crippen LogP contribution in [0.5, 0.6) is 0 Å². The van der Waals surface area contributed by atoms with Crippen LogP contribution in [0.4, 0.5) is 14.6 Å². The molecule has 1 aliphatic rings. The first kappa shape index (κ1) is 23.6. The van der Waals surface area contributed by atoms with Gasteiger partial charge in [0.05, 0.1) is 24.8 Å². The lowest BCUT2D eigenvalue weighted by molar-refractivity contribution is -0.137. The first-order chi connectivity index (χ1) is 17.4. The Morgan fingerprint density at radius 1 is 1.19 bits per heavy atom. The highest BCUT2D eigenvalue weighted by molar-refractivity contribution is 5.84. The van der Waals surface area contributed by atoms with Crippen LogP contribution >= 0.6 is 0 Å². The Labute approximate surface area is 201 Å². The molecule has 0 spiro atoms. The number of hydrogen-bond acceptors (Lipinski definition) is 11. The fourth-order valence-electron chi connectivity index (χ4n) is 3.73. The van der Waals surface area contributed by atoms with Crippen molar-refractivity contribution in [2.75, 3.05) is 18.9 Å². The van der Waals surface area contributed by atoms with Crippen molar-refractivity contribution in [2.45, 2.75) is 31.0 Å². The average molecular weight is 502 g/mol. The number of fused-ring (bicyclic) bond motifs is 1. The SMILES string of the molecule is CNC(=O)[C@H]1O[C@@H](n2cnc3c(NCC(F)F)nc(-n4cc(-c5ccccn5)nn4)nc32)[C@H](O)[C@@H]1O. The van der Waals surface area contributed by atoms with Crippen molar-refractivity contribution in [2.24, 2.45) is 0 Å². The largest absolute Gasteiger partial charge is 0.387 e. The Hall–Kier alpha value is -4.15. The standard InChI is InChI=1S/C20H20F2N10O4/c1-23-18(35)15-13(33)14(34)19(36-15)31-8-26-12-16(25-6-11(21)22)27-20(28-17(12)31)32-7-10(29-30-32)9-4-2-3-5-24-9/h2-5,7-8,11,13-15,19,33-34H,6H2,1H3,(H,23,35)(H,25,27,28)/t13-,14+,15-,19+/m0/s1. The van der Waals surface area contributed by atoms with Crippen LogP contribution in [0.3, 0.4) is 0 Å². The number of anilines is 1. The number of carbonyl (C=O) groups is 1. The Balaban J connectivity index is 1.58. The molecule has 4 aromatic rings. The third kappa shape index (κ3) is 4.21. The zero-order valence-corrected chi connectivity index (χ0v) is 18.6. The Morgan fingerprint density at radius 2 is 2.03 bits per heavy atom. The van der Waals surface area contributed by atoms with Crippen LogP contribution in [0.2, 0.25) is 0 Å². The number of alkyl halides is 2. The van der Waals surface area contributed by atoms with Gasteiger partial charge in [-0.05, 0) is 12.1 Å². The molecule has 188 valence electrons. The summed E-state index contributed by atoms with van der Waals surface area (Å²) >= 11 is 0. The van der Waals surface area contributed by atoms with E-state index in [-0.39, 0.29) is 22.9 Å². The zero-order chi connectivity index (χ0) is 25.4. The molecule has 5 heterocycles. The number of aliphatic hydroxyl groups excluding tert-OH is 2. The van der Waals surface area contributed by atoms with Gasteiger partial charge in [-0.3, -0.25) is 14.3 Å². The Kier molecular flexibility index (Phi) is 6.21. The van der Waals surface area contributed by atoms with E-state index in [0.717, 1.165) is 0 Å². The Bertz CT molecular complexity index is 1380. The van der Waals surface area contributed by atoms with Gasteiger partial charge in [0.2, 0.25) is 0 Å². The van der Waals surface area contributed by atoms with Gasteiger partial charge < -0.3 is 25.6 Å². The lowest BCUT2D eigenvalue weighted by Gasteiger charge is -2.17. The predicted octanol–water partition coefficient (Wildman–Crippen LogP) is -0.489. The number of nitrogens with zero attached hydrogens (tertiary/aromatic N) is 8. The number of aliphatic hydroxyl groups is 2. The second-order valence-corrected chi connectivity index (χ2v) is 7.77. The van der Waals surface area contributed by atoms with E-state index in [0.29, 0.717) is 11.4 Å². The van der Waals surface area contributed by atoms with Gasteiger partial charge in [0, 0.05) is 13.2 Å². The molecule has 0 aliphatic carbocycles. The van der Waals surface area contributed by atoms with Crippen LogP contribution < -0.4 is 10.6 Å². The molecular formula is C20H20F2N10O4. The first-order valence-corrected chi connectivity index (χ1v) is 10.7. The topological polar surface area (TPSA) is 178 Å². The minimum absolute atomic E-state index is 0.0279. The quantitative estimate of drug-likeness (QED) is 0.256. The number of halogens is 2. The molecule has 1 amide bonds. The molecule has 0 radical (unpaired) electrons. The summed E-state index contributed by atoms with van der Waals surface area (Å²) in [6.45, 7) is -0.713. The van der Waals surface area contributed by atoms with Crippen LogP contribution in [0.25, 0.3) is 28.5 Å². The summed E-state index contributed by atoms with van der Waals surface area (Å²) in [5.74, 6) is -0.709. The van der Waals surface area contributed by atoms with Crippen molar-refractivity contribution >= 4 is 22.9 Å². The molecular weight excluding hydrogens is 482 g/mol. The maximum atomic E-state index is 12.9. The molecule has 4 atom stereocenters. The van der Waals surface area contributed by atoms with Crippen LogP contribution in [0.1, 0.15) is 6.23 Å². The summed E-state index contributed by atoms with van der Waals surface area (Å²) in [7, 11) is 1.36. The third-order valence-corrected chi connectivity index (χ3v) is 5.48. The van der Waals surface area contributed by atoms with Gasteiger partial charge in [-0.2, -0.15) is 14.6 Å². The van der Waals surface area contributed by atoms with Crippen LogP contribution in [0.15, 0.2) is 36.9 Å². The molecule has 1 aliphatic heterocycles. The fourth-order valence-corrected chi connectivity index (χ4v) is 3.73. The lowest BCUT2D eigenvalue weighted by atomic mass is 10.1. The molecule has 16 heteroatoms. The van der Waals surface area contributed by atoms with Gasteiger partial charge in [0.15, 0.2) is 29.3 Å². The van der Waals surface area contributed by atoms with E-state index in [1.54, 1.807) is 24.4 Å². The molecule has 14 nitrogen and oxygen atoms in total. The van der Waals surface area contributed by atoms with E-state index in [1.165, 1.54) is 28.8 Å². The summed E-state index contributed by atoms with van der Waals surface area (Å²) in [6.07, 6.45) is -3.97. The van der Waals surface area contributed by atoms with Crippen molar-refractivity contribution in [1.29, 1.82) is 0 Å². The van der Waals surface area contributed by atoms with Crippen LogP contribution in [-0.4, -0.2) is 93.9 Å². The van der Waals surface area contributed by atoms with E-state index >= 15 is 0 Å². The summed E-state index contributed by atoms with van der Waals surface area (Å²) in [6, 6.07) is 5.26. The highest BCUT2D eigenvalue weighted by atomic mass is 19.3. The summed E-state index contributed by atoms with van der Waals surface area (Å²) in [5.41, 5.74) is 1.13. The molecule has 36 heavy (non-hydrogen) atoms. The number of hydrogen-bond donors (Lipinski definition) is 4. The number of pyridine rings is 1. The van der Waals surface area contributed by atoms with Crippen molar-refractivity contribution in [3.63, 3.8) is 0 Å². The first-order valence-electron chi connectivity index (χ1n) is 10.7. The van der Waals surface area contributed by atoms with Gasteiger partial charge >= 0.3 is 0 Å². The van der Waals surface area contributed by atoms with Crippen molar-refractivity contribution < 1.29 is 28.5 Å². The number of amides is 1. The van der Waals surface area contributed by atoms with E-state index in [2.05, 4.69) is 40.9 Å². The number of rotatable bonds is 7. The van der Waals surface area contributed by atoms with Gasteiger partial charge in [-0.25, -0.2) is 13.8 Å². The van der Waals surface area contributed by atoms with Crippen LogP contribution in [-0.2, 0) is 9.53 Å². The molecule has 1 saturated heterocycles. The summed E-state index contributed by atoms with van der Waals surface area (Å²) in [4.78, 5) is 29.1. The lowest BCUT2D eigenvalue weighted by Crippen LogP contribution is -2.41. The molecule has 4 N–H and O–H groups in total. The molecule has 1 fully saturated rings. The van der Waals surface area contributed by atoms with E-state index in [9.17, 15) is 23.8 Å².